The number of methoxy groups -OCH3 is 1. The summed E-state index contributed by atoms with van der Waals surface area (Å²) in [6.45, 7) is 0.626. The zero-order chi connectivity index (χ0) is 14.1. The fourth-order valence-corrected chi connectivity index (χ4v) is 2.82. The van der Waals surface area contributed by atoms with Gasteiger partial charge in [0.05, 0.1) is 7.11 Å². The van der Waals surface area contributed by atoms with Crippen LogP contribution in [0.4, 0.5) is 4.39 Å². The van der Waals surface area contributed by atoms with E-state index >= 15 is 0 Å². The van der Waals surface area contributed by atoms with Crippen LogP contribution < -0.4 is 4.74 Å². The summed E-state index contributed by atoms with van der Waals surface area (Å²) in [5, 5.41) is 1.15. The van der Waals surface area contributed by atoms with Gasteiger partial charge in [-0.3, -0.25) is 0 Å². The van der Waals surface area contributed by atoms with Gasteiger partial charge >= 0.3 is 0 Å². The van der Waals surface area contributed by atoms with Crippen LogP contribution in [0.5, 0.6) is 5.75 Å². The van der Waals surface area contributed by atoms with Crippen molar-refractivity contribution >= 4 is 26.8 Å². The van der Waals surface area contributed by atoms with Gasteiger partial charge in [0.15, 0.2) is 11.6 Å². The van der Waals surface area contributed by atoms with Crippen LogP contribution in [0.2, 0.25) is 0 Å². The van der Waals surface area contributed by atoms with E-state index in [0.29, 0.717) is 6.54 Å². The lowest BCUT2D eigenvalue weighted by molar-refractivity contribution is 0.386. The summed E-state index contributed by atoms with van der Waals surface area (Å²) in [6, 6.07) is 13.2. The van der Waals surface area contributed by atoms with Crippen LogP contribution >= 0.6 is 15.9 Å². The molecule has 0 saturated carbocycles. The number of benzene rings is 2. The molecule has 3 rings (SSSR count). The summed E-state index contributed by atoms with van der Waals surface area (Å²) in [7, 11) is 1.47. The van der Waals surface area contributed by atoms with Crippen LogP contribution in [0.25, 0.3) is 10.9 Å². The molecule has 1 aromatic heterocycles. The molecule has 0 aliphatic carbocycles. The number of fused-ring (bicyclic) bond motifs is 1. The first kappa shape index (κ1) is 13.2. The average molecular weight is 334 g/mol. The molecule has 1 heterocycles. The lowest BCUT2D eigenvalue weighted by Crippen LogP contribution is -1.99. The fraction of sp³-hybridized carbons (Fsp3) is 0.125. The molecular weight excluding hydrogens is 321 g/mol. The van der Waals surface area contributed by atoms with E-state index in [2.05, 4.69) is 32.6 Å². The van der Waals surface area contributed by atoms with Crippen molar-refractivity contribution in [3.8, 4) is 5.75 Å². The Morgan fingerprint density at radius 2 is 2.05 bits per heavy atom. The van der Waals surface area contributed by atoms with E-state index < -0.39 is 0 Å². The topological polar surface area (TPSA) is 14.2 Å². The predicted molar refractivity (Wildman–Crippen MR) is 81.7 cm³/mol. The van der Waals surface area contributed by atoms with Gasteiger partial charge < -0.3 is 9.30 Å². The molecule has 20 heavy (non-hydrogen) atoms. The zero-order valence-electron chi connectivity index (χ0n) is 10.9. The highest BCUT2D eigenvalue weighted by molar-refractivity contribution is 9.10. The molecule has 0 bridgehead atoms. The molecule has 0 radical (unpaired) electrons. The van der Waals surface area contributed by atoms with Crippen molar-refractivity contribution in [1.82, 2.24) is 4.57 Å². The minimum absolute atomic E-state index is 0.272. The number of hydrogen-bond donors (Lipinski definition) is 0. The van der Waals surface area contributed by atoms with E-state index in [1.165, 1.54) is 13.2 Å². The molecule has 0 amide bonds. The smallest absolute Gasteiger partial charge is 0.165 e. The second kappa shape index (κ2) is 5.29. The van der Waals surface area contributed by atoms with E-state index in [1.807, 2.05) is 24.4 Å². The van der Waals surface area contributed by atoms with Gasteiger partial charge in [0.2, 0.25) is 0 Å². The first-order valence-electron chi connectivity index (χ1n) is 6.25. The summed E-state index contributed by atoms with van der Waals surface area (Å²) >= 11 is 3.54. The molecular formula is C16H13BrFNO. The summed E-state index contributed by atoms with van der Waals surface area (Å²) in [5.74, 6) is -0.0588. The van der Waals surface area contributed by atoms with Crippen molar-refractivity contribution < 1.29 is 9.13 Å². The zero-order valence-corrected chi connectivity index (χ0v) is 12.5. The normalized spacial score (nSPS) is 10.9. The quantitative estimate of drug-likeness (QED) is 0.683. The van der Waals surface area contributed by atoms with Crippen molar-refractivity contribution in [1.29, 1.82) is 0 Å². The van der Waals surface area contributed by atoms with Gasteiger partial charge in [-0.2, -0.15) is 0 Å². The van der Waals surface area contributed by atoms with Gasteiger partial charge in [-0.05, 0) is 35.9 Å². The molecule has 0 unspecified atom stereocenters. The summed E-state index contributed by atoms with van der Waals surface area (Å²) in [6.07, 6.45) is 2.01. The number of ether oxygens (including phenoxy) is 1. The molecule has 4 heteroatoms. The van der Waals surface area contributed by atoms with Crippen molar-refractivity contribution in [2.45, 2.75) is 6.54 Å². The standard InChI is InChI=1S/C16H13BrFNO/c1-20-16-6-5-11(9-14(16)18)10-19-8-7-12-13(17)3-2-4-15(12)19/h2-9H,10H2,1H3. The van der Waals surface area contributed by atoms with E-state index in [4.69, 9.17) is 4.74 Å². The van der Waals surface area contributed by atoms with Crippen LogP contribution in [0.15, 0.2) is 53.1 Å². The summed E-state index contributed by atoms with van der Waals surface area (Å²) in [5.41, 5.74) is 2.02. The van der Waals surface area contributed by atoms with Crippen LogP contribution in [0.3, 0.4) is 0 Å². The Morgan fingerprint density at radius 3 is 2.80 bits per heavy atom. The third-order valence-corrected chi connectivity index (χ3v) is 4.02. The van der Waals surface area contributed by atoms with Crippen LogP contribution in [-0.2, 0) is 6.54 Å². The highest BCUT2D eigenvalue weighted by Crippen LogP contribution is 2.26. The van der Waals surface area contributed by atoms with E-state index in [9.17, 15) is 4.39 Å². The van der Waals surface area contributed by atoms with E-state index in [0.717, 1.165) is 20.9 Å². The molecule has 2 nitrogen and oxygen atoms in total. The highest BCUT2D eigenvalue weighted by atomic mass is 79.9. The maximum absolute atomic E-state index is 13.7. The Labute approximate surface area is 124 Å². The van der Waals surface area contributed by atoms with Gasteiger partial charge in [-0.25, -0.2) is 4.39 Å². The van der Waals surface area contributed by atoms with Crippen molar-refractivity contribution in [2.24, 2.45) is 0 Å². The second-order valence-electron chi connectivity index (χ2n) is 4.59. The molecule has 0 saturated heterocycles. The van der Waals surface area contributed by atoms with Crippen LogP contribution in [-0.4, -0.2) is 11.7 Å². The first-order valence-corrected chi connectivity index (χ1v) is 7.04. The average Bonchev–Trinajstić information content (AvgIpc) is 2.84. The SMILES string of the molecule is COc1ccc(Cn2ccc3c(Br)cccc32)cc1F. The number of nitrogens with zero attached hydrogens (tertiary/aromatic N) is 1. The predicted octanol–water partition coefficient (Wildman–Crippen LogP) is 4.60. The number of halogens is 2. The molecule has 0 N–H and O–H groups in total. The van der Waals surface area contributed by atoms with Crippen molar-refractivity contribution in [3.05, 3.63) is 64.5 Å². The van der Waals surface area contributed by atoms with Gasteiger partial charge in [0.1, 0.15) is 0 Å². The van der Waals surface area contributed by atoms with Gasteiger partial charge in [-0.15, -0.1) is 0 Å². The maximum Gasteiger partial charge on any atom is 0.165 e. The summed E-state index contributed by atoms with van der Waals surface area (Å²) in [4.78, 5) is 0. The lowest BCUT2D eigenvalue weighted by atomic mass is 10.2. The Kier molecular flexibility index (Phi) is 3.49. The van der Waals surface area contributed by atoms with Crippen molar-refractivity contribution in [3.63, 3.8) is 0 Å². The third kappa shape index (κ3) is 2.31. The minimum Gasteiger partial charge on any atom is -0.494 e. The fourth-order valence-electron chi connectivity index (χ4n) is 2.33. The Hall–Kier alpha value is -1.81. The Bertz CT molecular complexity index is 766. The van der Waals surface area contributed by atoms with Crippen LogP contribution in [0, 0.1) is 5.82 Å². The number of rotatable bonds is 3. The third-order valence-electron chi connectivity index (χ3n) is 3.33. The molecule has 3 aromatic rings. The molecule has 102 valence electrons. The number of aromatic nitrogens is 1. The van der Waals surface area contributed by atoms with Gasteiger partial charge in [-0.1, -0.05) is 28.1 Å². The molecule has 2 aromatic carbocycles. The van der Waals surface area contributed by atoms with E-state index in [1.54, 1.807) is 6.07 Å². The molecule has 0 aliphatic rings. The Morgan fingerprint density at radius 1 is 1.20 bits per heavy atom. The van der Waals surface area contributed by atoms with Gasteiger partial charge in [0, 0.05) is 28.1 Å². The van der Waals surface area contributed by atoms with Crippen molar-refractivity contribution in [2.75, 3.05) is 7.11 Å². The molecule has 0 aliphatic heterocycles. The minimum atomic E-state index is -0.331. The maximum atomic E-state index is 13.7. The molecule has 0 fully saturated rings. The molecule has 0 atom stereocenters. The Balaban J connectivity index is 1.97. The second-order valence-corrected chi connectivity index (χ2v) is 5.44. The monoisotopic (exact) mass is 333 g/mol. The first-order chi connectivity index (χ1) is 9.69. The highest BCUT2D eigenvalue weighted by Gasteiger charge is 2.07. The molecule has 0 spiro atoms. The van der Waals surface area contributed by atoms with Gasteiger partial charge in [0.25, 0.3) is 0 Å². The van der Waals surface area contributed by atoms with E-state index in [-0.39, 0.29) is 11.6 Å². The summed E-state index contributed by atoms with van der Waals surface area (Å²) < 4.78 is 21.8. The largest absolute Gasteiger partial charge is 0.494 e. The lowest BCUT2D eigenvalue weighted by Gasteiger charge is -2.08. The number of hydrogen-bond acceptors (Lipinski definition) is 1. The van der Waals surface area contributed by atoms with Crippen LogP contribution in [0.1, 0.15) is 5.56 Å².